The van der Waals surface area contributed by atoms with Crippen LogP contribution in [-0.4, -0.2) is 28.1 Å². The summed E-state index contributed by atoms with van der Waals surface area (Å²) in [6.45, 7) is 6.15. The van der Waals surface area contributed by atoms with Gasteiger partial charge in [-0.25, -0.2) is 4.79 Å². The van der Waals surface area contributed by atoms with Gasteiger partial charge < -0.3 is 15.0 Å². The quantitative estimate of drug-likeness (QED) is 0.714. The number of hydrogen-bond acceptors (Lipinski definition) is 2. The summed E-state index contributed by atoms with van der Waals surface area (Å²) in [6, 6.07) is 16.9. The zero-order chi connectivity index (χ0) is 19.6. The molecule has 0 fully saturated rings. The fraction of sp³-hybridized carbons (Fsp3) is 0.182. The number of nitrogens with zero attached hydrogens (tertiary/aromatic N) is 1. The monoisotopic (exact) mass is 362 g/mol. The molecule has 5 heteroatoms. The highest BCUT2D eigenvalue weighted by atomic mass is 16.4. The molecular weight excluding hydrogens is 340 g/mol. The highest BCUT2D eigenvalue weighted by molar-refractivity contribution is 5.96. The van der Waals surface area contributed by atoms with Gasteiger partial charge in [0.05, 0.1) is 11.3 Å². The van der Waals surface area contributed by atoms with Crippen LogP contribution in [0.2, 0.25) is 0 Å². The fourth-order valence-corrected chi connectivity index (χ4v) is 3.35. The number of amides is 1. The van der Waals surface area contributed by atoms with Crippen LogP contribution in [0.4, 0.5) is 0 Å². The number of carbonyl (C=O) groups excluding carboxylic acids is 1. The van der Waals surface area contributed by atoms with E-state index >= 15 is 0 Å². The van der Waals surface area contributed by atoms with E-state index in [4.69, 9.17) is 0 Å². The molecule has 0 saturated carbocycles. The first-order chi connectivity index (χ1) is 12.9. The number of aromatic nitrogens is 1. The highest BCUT2D eigenvalue weighted by Crippen LogP contribution is 2.31. The van der Waals surface area contributed by atoms with Gasteiger partial charge in [-0.1, -0.05) is 30.3 Å². The van der Waals surface area contributed by atoms with Crippen LogP contribution in [-0.2, 0) is 0 Å². The SMILES string of the molecule is CCNC(=O)c1cccc(-c2ccccc2-n2c(C)cc(C(=O)O)c2C)c1. The van der Waals surface area contributed by atoms with E-state index in [1.165, 1.54) is 0 Å². The molecule has 0 aliphatic heterocycles. The van der Waals surface area contributed by atoms with Gasteiger partial charge in [0.15, 0.2) is 0 Å². The zero-order valence-electron chi connectivity index (χ0n) is 15.6. The predicted octanol–water partition coefficient (Wildman–Crippen LogP) is 4.21. The summed E-state index contributed by atoms with van der Waals surface area (Å²) in [5.41, 5.74) is 5.12. The van der Waals surface area contributed by atoms with Crippen molar-refractivity contribution < 1.29 is 14.7 Å². The number of para-hydroxylation sites is 1. The summed E-state index contributed by atoms with van der Waals surface area (Å²) in [7, 11) is 0. The summed E-state index contributed by atoms with van der Waals surface area (Å²) >= 11 is 0. The number of benzene rings is 2. The van der Waals surface area contributed by atoms with Gasteiger partial charge in [-0.15, -0.1) is 0 Å². The summed E-state index contributed by atoms with van der Waals surface area (Å²) in [6.07, 6.45) is 0. The lowest BCUT2D eigenvalue weighted by Crippen LogP contribution is -2.22. The lowest BCUT2D eigenvalue weighted by atomic mass is 10.0. The molecule has 3 aromatic rings. The molecule has 0 atom stereocenters. The molecule has 0 bridgehead atoms. The van der Waals surface area contributed by atoms with Crippen molar-refractivity contribution >= 4 is 11.9 Å². The second-order valence-electron chi connectivity index (χ2n) is 6.38. The molecule has 138 valence electrons. The van der Waals surface area contributed by atoms with Gasteiger partial charge in [0.2, 0.25) is 0 Å². The van der Waals surface area contributed by atoms with Crippen molar-refractivity contribution in [3.8, 4) is 16.8 Å². The molecule has 0 unspecified atom stereocenters. The topological polar surface area (TPSA) is 71.3 Å². The van der Waals surface area contributed by atoms with Gasteiger partial charge in [-0.3, -0.25) is 4.79 Å². The first kappa shape index (κ1) is 18.5. The van der Waals surface area contributed by atoms with Crippen LogP contribution in [0.1, 0.15) is 39.0 Å². The Hall–Kier alpha value is -3.34. The smallest absolute Gasteiger partial charge is 0.337 e. The van der Waals surface area contributed by atoms with Gasteiger partial charge in [-0.05, 0) is 50.6 Å². The van der Waals surface area contributed by atoms with Crippen molar-refractivity contribution in [1.82, 2.24) is 9.88 Å². The molecule has 5 nitrogen and oxygen atoms in total. The second kappa shape index (κ2) is 7.50. The second-order valence-corrected chi connectivity index (χ2v) is 6.38. The van der Waals surface area contributed by atoms with Crippen molar-refractivity contribution in [1.29, 1.82) is 0 Å². The Labute approximate surface area is 158 Å². The maximum absolute atomic E-state index is 12.2. The number of carboxylic acid groups (broad SMARTS) is 1. The minimum atomic E-state index is -0.940. The van der Waals surface area contributed by atoms with Crippen LogP contribution in [0.15, 0.2) is 54.6 Å². The lowest BCUT2D eigenvalue weighted by Gasteiger charge is -2.16. The zero-order valence-corrected chi connectivity index (χ0v) is 15.6. The molecule has 2 N–H and O–H groups in total. The van der Waals surface area contributed by atoms with E-state index < -0.39 is 5.97 Å². The minimum absolute atomic E-state index is 0.113. The van der Waals surface area contributed by atoms with E-state index in [-0.39, 0.29) is 5.91 Å². The molecule has 1 amide bonds. The molecule has 0 spiro atoms. The van der Waals surface area contributed by atoms with Crippen molar-refractivity contribution in [2.75, 3.05) is 6.54 Å². The predicted molar refractivity (Wildman–Crippen MR) is 106 cm³/mol. The van der Waals surface area contributed by atoms with Crippen molar-refractivity contribution in [3.63, 3.8) is 0 Å². The summed E-state index contributed by atoms with van der Waals surface area (Å²) in [5, 5.41) is 12.2. The average Bonchev–Trinajstić information content (AvgIpc) is 2.96. The minimum Gasteiger partial charge on any atom is -0.478 e. The van der Waals surface area contributed by atoms with Crippen LogP contribution < -0.4 is 5.32 Å². The number of rotatable bonds is 5. The molecule has 27 heavy (non-hydrogen) atoms. The van der Waals surface area contributed by atoms with E-state index in [0.717, 1.165) is 22.5 Å². The summed E-state index contributed by atoms with van der Waals surface area (Å²) < 4.78 is 1.94. The molecule has 0 aliphatic rings. The molecular formula is C22H22N2O3. The molecule has 1 aromatic heterocycles. The third-order valence-corrected chi connectivity index (χ3v) is 4.58. The molecule has 0 aliphatic carbocycles. The molecule has 3 rings (SSSR count). The Balaban J connectivity index is 2.16. The van der Waals surface area contributed by atoms with Crippen LogP contribution in [0.25, 0.3) is 16.8 Å². The molecule has 0 saturated heterocycles. The first-order valence-corrected chi connectivity index (χ1v) is 8.84. The highest BCUT2D eigenvalue weighted by Gasteiger charge is 2.18. The fourth-order valence-electron chi connectivity index (χ4n) is 3.35. The van der Waals surface area contributed by atoms with E-state index in [1.54, 1.807) is 19.1 Å². The number of nitrogens with one attached hydrogen (secondary N) is 1. The molecule has 0 radical (unpaired) electrons. The van der Waals surface area contributed by atoms with Gasteiger partial charge in [0.1, 0.15) is 0 Å². The number of carbonyl (C=O) groups is 2. The number of aromatic carboxylic acids is 1. The van der Waals surface area contributed by atoms with E-state index in [2.05, 4.69) is 5.32 Å². The Kier molecular flexibility index (Phi) is 5.12. The van der Waals surface area contributed by atoms with E-state index in [9.17, 15) is 14.7 Å². The first-order valence-electron chi connectivity index (χ1n) is 8.84. The summed E-state index contributed by atoms with van der Waals surface area (Å²) in [5.74, 6) is -1.05. The largest absolute Gasteiger partial charge is 0.478 e. The van der Waals surface area contributed by atoms with Gasteiger partial charge >= 0.3 is 5.97 Å². The van der Waals surface area contributed by atoms with Crippen LogP contribution in [0, 0.1) is 13.8 Å². The maximum Gasteiger partial charge on any atom is 0.337 e. The third-order valence-electron chi connectivity index (χ3n) is 4.58. The Morgan fingerprint density at radius 3 is 2.44 bits per heavy atom. The van der Waals surface area contributed by atoms with Crippen molar-refractivity contribution in [2.45, 2.75) is 20.8 Å². The molecule has 1 heterocycles. The normalized spacial score (nSPS) is 10.6. The number of carboxylic acids is 1. The van der Waals surface area contributed by atoms with Crippen LogP contribution in [0.3, 0.4) is 0 Å². The van der Waals surface area contributed by atoms with E-state index in [0.29, 0.717) is 23.4 Å². The Morgan fingerprint density at radius 1 is 1.04 bits per heavy atom. The maximum atomic E-state index is 12.2. The molecule has 2 aromatic carbocycles. The van der Waals surface area contributed by atoms with Crippen LogP contribution in [0.5, 0.6) is 0 Å². The summed E-state index contributed by atoms with van der Waals surface area (Å²) in [4.78, 5) is 23.7. The standard InChI is InChI=1S/C22H22N2O3/c1-4-23-21(25)17-9-7-8-16(13-17)18-10-5-6-11-20(18)24-14(2)12-19(15(24)3)22(26)27/h5-13H,4H2,1-3H3,(H,23,25)(H,26,27). The Bertz CT molecular complexity index is 1020. The van der Waals surface area contributed by atoms with Gasteiger partial charge in [-0.2, -0.15) is 0 Å². The Morgan fingerprint density at radius 2 is 1.78 bits per heavy atom. The lowest BCUT2D eigenvalue weighted by molar-refractivity contribution is 0.0696. The number of aryl methyl sites for hydroxylation is 1. The van der Waals surface area contributed by atoms with Gasteiger partial charge in [0.25, 0.3) is 5.91 Å². The van der Waals surface area contributed by atoms with Crippen molar-refractivity contribution in [2.24, 2.45) is 0 Å². The van der Waals surface area contributed by atoms with E-state index in [1.807, 2.05) is 60.9 Å². The van der Waals surface area contributed by atoms with Crippen molar-refractivity contribution in [3.05, 3.63) is 77.1 Å². The van der Waals surface area contributed by atoms with Crippen LogP contribution >= 0.6 is 0 Å². The number of hydrogen-bond donors (Lipinski definition) is 2. The van der Waals surface area contributed by atoms with Gasteiger partial charge in [0, 0.05) is 29.1 Å². The third kappa shape index (κ3) is 3.49. The average molecular weight is 362 g/mol.